The molecule has 1 unspecified atom stereocenters. The predicted molar refractivity (Wildman–Crippen MR) is 119 cm³/mol. The van der Waals surface area contributed by atoms with Crippen molar-refractivity contribution >= 4 is 0 Å². The summed E-state index contributed by atoms with van der Waals surface area (Å²) in [5.74, 6) is 1.78. The summed E-state index contributed by atoms with van der Waals surface area (Å²) in [6, 6.07) is 17.0. The van der Waals surface area contributed by atoms with Gasteiger partial charge in [0, 0.05) is 0 Å². The van der Waals surface area contributed by atoms with Crippen LogP contribution in [-0.2, 0) is 11.8 Å². The second-order valence-electron chi connectivity index (χ2n) is 7.85. The Hall–Kier alpha value is -2.51. The fraction of sp³-hybridized carbons (Fsp3) is 0.480. The number of aryl methyl sites for hydroxylation is 1. The van der Waals surface area contributed by atoms with Gasteiger partial charge in [-0.1, -0.05) is 44.2 Å². The fourth-order valence-corrected chi connectivity index (χ4v) is 3.94. The molecule has 4 heteroatoms. The smallest absolute Gasteiger partial charge is 0.160 e. The van der Waals surface area contributed by atoms with Gasteiger partial charge in [-0.3, -0.25) is 0 Å². The van der Waals surface area contributed by atoms with E-state index in [1.54, 1.807) is 14.2 Å². The molecule has 0 radical (unpaired) electrons. The van der Waals surface area contributed by atoms with E-state index in [0.717, 1.165) is 43.9 Å². The van der Waals surface area contributed by atoms with Crippen LogP contribution < -0.4 is 14.8 Å². The van der Waals surface area contributed by atoms with Crippen LogP contribution in [0.4, 0.5) is 0 Å². The third kappa shape index (κ3) is 5.52. The first-order chi connectivity index (χ1) is 14.0. The van der Waals surface area contributed by atoms with Crippen molar-refractivity contribution in [3.63, 3.8) is 0 Å². The molecule has 29 heavy (non-hydrogen) atoms. The van der Waals surface area contributed by atoms with Gasteiger partial charge in [0.1, 0.15) is 0 Å². The minimum atomic E-state index is -0.434. The highest BCUT2D eigenvalue weighted by molar-refractivity contribution is 5.43. The van der Waals surface area contributed by atoms with Crippen LogP contribution in [-0.4, -0.2) is 27.3 Å². The van der Waals surface area contributed by atoms with E-state index in [9.17, 15) is 5.26 Å². The van der Waals surface area contributed by atoms with E-state index in [4.69, 9.17) is 9.47 Å². The molecule has 0 heterocycles. The third-order valence-electron chi connectivity index (χ3n) is 5.77. The third-order valence-corrected chi connectivity index (χ3v) is 5.77. The van der Waals surface area contributed by atoms with Gasteiger partial charge >= 0.3 is 0 Å². The molecule has 0 amide bonds. The zero-order chi connectivity index (χ0) is 21.3. The molecule has 0 aliphatic rings. The largest absolute Gasteiger partial charge is 0.493 e. The van der Waals surface area contributed by atoms with Gasteiger partial charge in [0.15, 0.2) is 11.5 Å². The minimum Gasteiger partial charge on any atom is -0.493 e. The van der Waals surface area contributed by atoms with Crippen molar-refractivity contribution in [2.75, 3.05) is 27.3 Å². The van der Waals surface area contributed by atoms with E-state index >= 15 is 0 Å². The summed E-state index contributed by atoms with van der Waals surface area (Å²) in [4.78, 5) is 0. The van der Waals surface area contributed by atoms with Gasteiger partial charge in [-0.2, -0.15) is 5.26 Å². The lowest BCUT2D eigenvalue weighted by Crippen LogP contribution is -2.33. The first kappa shape index (κ1) is 22.8. The Kier molecular flexibility index (Phi) is 8.54. The number of nitrogens with one attached hydrogen (secondary N) is 1. The van der Waals surface area contributed by atoms with Crippen LogP contribution >= 0.6 is 0 Å². The zero-order valence-corrected chi connectivity index (χ0v) is 18.4. The van der Waals surface area contributed by atoms with Crippen LogP contribution in [0.15, 0.2) is 42.5 Å². The molecule has 0 saturated carbocycles. The van der Waals surface area contributed by atoms with Crippen LogP contribution in [0.5, 0.6) is 11.5 Å². The summed E-state index contributed by atoms with van der Waals surface area (Å²) in [6.07, 6.45) is 2.74. The summed E-state index contributed by atoms with van der Waals surface area (Å²) in [6.45, 7) is 8.20. The van der Waals surface area contributed by atoms with E-state index in [1.807, 2.05) is 24.3 Å². The van der Waals surface area contributed by atoms with Gasteiger partial charge in [0.2, 0.25) is 0 Å². The Bertz CT molecular complexity index is 826. The number of hydrogen-bond acceptors (Lipinski definition) is 4. The molecule has 2 aromatic carbocycles. The van der Waals surface area contributed by atoms with Crippen LogP contribution in [0, 0.1) is 24.2 Å². The van der Waals surface area contributed by atoms with Crippen molar-refractivity contribution in [2.24, 2.45) is 5.92 Å². The molecular formula is C25H34N2O2. The molecule has 0 spiro atoms. The molecule has 156 valence electrons. The molecule has 0 saturated heterocycles. The number of benzene rings is 2. The highest BCUT2D eigenvalue weighted by atomic mass is 16.5. The summed E-state index contributed by atoms with van der Waals surface area (Å²) >= 11 is 0. The van der Waals surface area contributed by atoms with Crippen molar-refractivity contribution in [1.82, 2.24) is 5.32 Å². The van der Waals surface area contributed by atoms with Crippen molar-refractivity contribution in [3.05, 3.63) is 59.2 Å². The van der Waals surface area contributed by atoms with Crippen LogP contribution in [0.1, 0.15) is 43.4 Å². The average molecular weight is 395 g/mol. The average Bonchev–Trinajstić information content (AvgIpc) is 2.73. The number of nitrogens with zero attached hydrogens (tertiary/aromatic N) is 1. The molecule has 0 fully saturated rings. The molecule has 2 aromatic rings. The van der Waals surface area contributed by atoms with Gasteiger partial charge in [0.05, 0.1) is 25.7 Å². The zero-order valence-electron chi connectivity index (χ0n) is 18.4. The SMILES string of the molecule is COc1ccc(CCNCCCC(C#N)(c2ccccc2C)C(C)C)cc1OC. The van der Waals surface area contributed by atoms with Crippen molar-refractivity contribution in [1.29, 1.82) is 5.26 Å². The van der Waals surface area contributed by atoms with Gasteiger partial charge in [-0.05, 0) is 74.0 Å². The normalized spacial score (nSPS) is 13.0. The van der Waals surface area contributed by atoms with Gasteiger partial charge in [-0.15, -0.1) is 0 Å². The Morgan fingerprint density at radius 2 is 1.76 bits per heavy atom. The Morgan fingerprint density at radius 3 is 2.38 bits per heavy atom. The highest BCUT2D eigenvalue weighted by Crippen LogP contribution is 2.38. The van der Waals surface area contributed by atoms with E-state index in [-0.39, 0.29) is 5.92 Å². The van der Waals surface area contributed by atoms with Crippen LogP contribution in [0.2, 0.25) is 0 Å². The number of ether oxygens (including phenoxy) is 2. The molecule has 0 aliphatic carbocycles. The van der Waals surface area contributed by atoms with Crippen LogP contribution in [0.3, 0.4) is 0 Å². The Morgan fingerprint density at radius 1 is 1.03 bits per heavy atom. The van der Waals surface area contributed by atoms with Gasteiger partial charge in [0.25, 0.3) is 0 Å². The standard InChI is InChI=1S/C25H34N2O2/c1-19(2)25(18-26,22-10-7-6-9-20(22)3)14-8-15-27-16-13-21-11-12-23(28-4)24(17-21)29-5/h6-7,9-12,17,19,27H,8,13-16H2,1-5H3. The van der Waals surface area contributed by atoms with Gasteiger partial charge in [-0.25, -0.2) is 0 Å². The number of methoxy groups -OCH3 is 2. The summed E-state index contributed by atoms with van der Waals surface area (Å²) in [5.41, 5.74) is 3.15. The molecular weight excluding hydrogens is 360 g/mol. The lowest BCUT2D eigenvalue weighted by Gasteiger charge is -2.33. The van der Waals surface area contributed by atoms with Crippen molar-refractivity contribution < 1.29 is 9.47 Å². The number of rotatable bonds is 11. The molecule has 0 aromatic heterocycles. The minimum absolute atomic E-state index is 0.264. The predicted octanol–water partition coefficient (Wildman–Crippen LogP) is 5.04. The van der Waals surface area contributed by atoms with E-state index in [2.05, 4.69) is 50.4 Å². The molecule has 1 N–H and O–H groups in total. The monoisotopic (exact) mass is 394 g/mol. The molecule has 2 rings (SSSR count). The topological polar surface area (TPSA) is 54.3 Å². The first-order valence-electron chi connectivity index (χ1n) is 10.4. The van der Waals surface area contributed by atoms with Crippen molar-refractivity contribution in [2.45, 2.75) is 45.4 Å². The van der Waals surface area contributed by atoms with E-state index in [1.165, 1.54) is 16.7 Å². The van der Waals surface area contributed by atoms with E-state index < -0.39 is 5.41 Å². The lowest BCUT2D eigenvalue weighted by molar-refractivity contribution is 0.354. The van der Waals surface area contributed by atoms with E-state index in [0.29, 0.717) is 0 Å². The molecule has 4 nitrogen and oxygen atoms in total. The highest BCUT2D eigenvalue weighted by Gasteiger charge is 2.36. The maximum atomic E-state index is 10.1. The summed E-state index contributed by atoms with van der Waals surface area (Å²) < 4.78 is 10.7. The van der Waals surface area contributed by atoms with Gasteiger partial charge < -0.3 is 14.8 Å². The first-order valence-corrected chi connectivity index (χ1v) is 10.4. The second kappa shape index (κ2) is 10.9. The Labute approximate surface area is 175 Å². The fourth-order valence-electron chi connectivity index (χ4n) is 3.94. The number of nitriles is 1. The lowest BCUT2D eigenvalue weighted by atomic mass is 9.68. The quantitative estimate of drug-likeness (QED) is 0.542. The molecule has 0 aliphatic heterocycles. The second-order valence-corrected chi connectivity index (χ2v) is 7.85. The molecule has 1 atom stereocenters. The summed E-state index contributed by atoms with van der Waals surface area (Å²) in [7, 11) is 3.30. The van der Waals surface area contributed by atoms with Crippen LogP contribution in [0.25, 0.3) is 0 Å². The molecule has 0 bridgehead atoms. The van der Waals surface area contributed by atoms with Crippen molar-refractivity contribution in [3.8, 4) is 17.6 Å². The maximum absolute atomic E-state index is 10.1. The maximum Gasteiger partial charge on any atom is 0.160 e. The Balaban J connectivity index is 1.88. The summed E-state index contributed by atoms with van der Waals surface area (Å²) in [5, 5.41) is 13.6. The number of hydrogen-bond donors (Lipinski definition) is 1.